The van der Waals surface area contributed by atoms with Crippen LogP contribution in [0.3, 0.4) is 0 Å². The molecule has 2 aromatic heterocycles. The van der Waals surface area contributed by atoms with Crippen LogP contribution in [-0.4, -0.2) is 55.6 Å². The molecule has 0 radical (unpaired) electrons. The van der Waals surface area contributed by atoms with E-state index in [1.54, 1.807) is 6.20 Å². The fourth-order valence-electron chi connectivity index (χ4n) is 4.09. The number of aromatic nitrogens is 4. The zero-order chi connectivity index (χ0) is 18.7. The number of rotatable bonds is 2. The Hall–Kier alpha value is -2.68. The maximum atomic E-state index is 10.5. The molecule has 1 saturated heterocycles. The van der Waals surface area contributed by atoms with Gasteiger partial charge in [0.2, 0.25) is 5.95 Å². The molecule has 0 unspecified atom stereocenters. The lowest BCUT2D eigenvalue weighted by Gasteiger charge is -2.35. The topological polar surface area (TPSA) is 130 Å². The summed E-state index contributed by atoms with van der Waals surface area (Å²) < 4.78 is 1.90. The number of nitrogens with two attached hydrogens (primary N) is 1. The van der Waals surface area contributed by atoms with Crippen molar-refractivity contribution in [1.82, 2.24) is 19.7 Å². The summed E-state index contributed by atoms with van der Waals surface area (Å²) in [7, 11) is 0. The monoisotopic (exact) mass is 360 g/mol. The van der Waals surface area contributed by atoms with Crippen molar-refractivity contribution in [3.8, 4) is 0 Å². The fourth-order valence-corrected chi connectivity index (χ4v) is 4.09. The van der Waals surface area contributed by atoms with E-state index in [0.29, 0.717) is 17.8 Å². The molecule has 1 aliphatic heterocycles. The smallest absolute Gasteiger partial charge is 0.290 e. The fraction of sp³-hybridized carbons (Fsp3) is 0.529. The van der Waals surface area contributed by atoms with Gasteiger partial charge in [0.05, 0.1) is 12.1 Å². The first-order chi connectivity index (χ1) is 12.5. The first kappa shape index (κ1) is 18.1. The highest BCUT2D eigenvalue weighted by atomic mass is 16.3. The molecule has 0 aromatic carbocycles. The Kier molecular flexibility index (Phi) is 5.36. The van der Waals surface area contributed by atoms with Crippen molar-refractivity contribution in [2.24, 2.45) is 11.8 Å². The second-order valence-corrected chi connectivity index (χ2v) is 6.85. The molecule has 1 saturated carbocycles. The summed E-state index contributed by atoms with van der Waals surface area (Å²) in [5.41, 5.74) is 6.67. The molecule has 4 N–H and O–H groups in total. The lowest BCUT2D eigenvalue weighted by atomic mass is 9.77. The van der Waals surface area contributed by atoms with Crippen LogP contribution in [0.4, 0.5) is 11.8 Å². The van der Waals surface area contributed by atoms with E-state index in [-0.39, 0.29) is 18.6 Å². The molecule has 0 spiro atoms. The molecule has 0 bridgehead atoms. The molecule has 9 nitrogen and oxygen atoms in total. The molecule has 4 rings (SSSR count). The normalized spacial score (nSPS) is 27.4. The zero-order valence-electron chi connectivity index (χ0n) is 14.6. The minimum absolute atomic E-state index is 0.0726. The van der Waals surface area contributed by atoms with Crippen LogP contribution in [-0.2, 0) is 4.79 Å². The van der Waals surface area contributed by atoms with E-state index >= 15 is 0 Å². The standard InChI is InChI=1S/C16H22N6O.CH2O2/c1-10-5-15(20-16(17)19-10)21-8-11-6-13(22-4-2-3-18-22)14(23)7-12(11)9-21;2-1-3/h2-5,11-14,23H,6-9H2,1H3,(H2,17,19,20);1H,(H,2,3)/t11-,12+,13-,14-;/m1./s1. The quantitative estimate of drug-likeness (QED) is 0.668. The molecule has 4 atom stereocenters. The number of fused-ring (bicyclic) bond motifs is 1. The molecule has 1 aliphatic carbocycles. The summed E-state index contributed by atoms with van der Waals surface area (Å²) in [6.07, 6.45) is 5.13. The van der Waals surface area contributed by atoms with Crippen molar-refractivity contribution < 1.29 is 15.0 Å². The first-order valence-corrected chi connectivity index (χ1v) is 8.63. The van der Waals surface area contributed by atoms with Crippen molar-refractivity contribution in [3.63, 3.8) is 0 Å². The molecule has 26 heavy (non-hydrogen) atoms. The van der Waals surface area contributed by atoms with Crippen molar-refractivity contribution >= 4 is 18.2 Å². The van der Waals surface area contributed by atoms with E-state index in [4.69, 9.17) is 15.6 Å². The summed E-state index contributed by atoms with van der Waals surface area (Å²) >= 11 is 0. The molecule has 2 aliphatic rings. The van der Waals surface area contributed by atoms with Gasteiger partial charge in [0.25, 0.3) is 6.47 Å². The molecule has 140 valence electrons. The number of nitrogen functional groups attached to an aromatic ring is 1. The average Bonchev–Trinajstić information content (AvgIpc) is 3.23. The molecule has 9 heteroatoms. The number of hydrogen-bond acceptors (Lipinski definition) is 7. The predicted octanol–water partition coefficient (Wildman–Crippen LogP) is 0.713. The van der Waals surface area contributed by atoms with Gasteiger partial charge < -0.3 is 20.8 Å². The summed E-state index contributed by atoms with van der Waals surface area (Å²) in [6, 6.07) is 3.96. The summed E-state index contributed by atoms with van der Waals surface area (Å²) in [5, 5.41) is 21.7. The van der Waals surface area contributed by atoms with Crippen LogP contribution in [0.25, 0.3) is 0 Å². The van der Waals surface area contributed by atoms with Crippen LogP contribution >= 0.6 is 0 Å². The largest absolute Gasteiger partial charge is 0.483 e. The Morgan fingerprint density at radius 3 is 2.58 bits per heavy atom. The Morgan fingerprint density at radius 1 is 1.27 bits per heavy atom. The third kappa shape index (κ3) is 3.77. The van der Waals surface area contributed by atoms with Gasteiger partial charge >= 0.3 is 0 Å². The van der Waals surface area contributed by atoms with E-state index < -0.39 is 0 Å². The number of hydrogen-bond donors (Lipinski definition) is 3. The highest BCUT2D eigenvalue weighted by Gasteiger charge is 2.42. The minimum Gasteiger partial charge on any atom is -0.483 e. The number of carbonyl (C=O) groups is 1. The number of anilines is 2. The van der Waals surface area contributed by atoms with Crippen molar-refractivity contribution in [2.75, 3.05) is 23.7 Å². The highest BCUT2D eigenvalue weighted by molar-refractivity contribution is 5.44. The van der Waals surface area contributed by atoms with E-state index in [1.165, 1.54) is 0 Å². The number of aryl methyl sites for hydroxylation is 1. The molecule has 2 fully saturated rings. The number of aliphatic hydroxyl groups is 1. The predicted molar refractivity (Wildman–Crippen MR) is 95.6 cm³/mol. The molecule has 0 amide bonds. The van der Waals surface area contributed by atoms with Gasteiger partial charge in [-0.1, -0.05) is 0 Å². The SMILES string of the molecule is Cc1cc(N2C[C@H]3C[C@@H](n4cccn4)[C@H](O)C[C@H]3C2)nc(N)n1.O=CO. The average molecular weight is 360 g/mol. The van der Waals surface area contributed by atoms with Gasteiger partial charge in [0.1, 0.15) is 5.82 Å². The van der Waals surface area contributed by atoms with Crippen molar-refractivity contribution in [3.05, 3.63) is 30.2 Å². The first-order valence-electron chi connectivity index (χ1n) is 8.63. The molecule has 2 aromatic rings. The summed E-state index contributed by atoms with van der Waals surface area (Å²) in [5.74, 6) is 2.26. The van der Waals surface area contributed by atoms with Gasteiger partial charge in [-0.25, -0.2) is 4.98 Å². The summed E-state index contributed by atoms with van der Waals surface area (Å²) in [6.45, 7) is 3.55. The molecular formula is C17H24N6O3. The van der Waals surface area contributed by atoms with E-state index in [1.807, 2.05) is 29.9 Å². The van der Waals surface area contributed by atoms with Crippen LogP contribution in [0.1, 0.15) is 24.6 Å². The molecular weight excluding hydrogens is 336 g/mol. The Labute approximate surface area is 151 Å². The highest BCUT2D eigenvalue weighted by Crippen LogP contribution is 2.42. The maximum Gasteiger partial charge on any atom is 0.290 e. The lowest BCUT2D eigenvalue weighted by Crippen LogP contribution is -2.36. The van der Waals surface area contributed by atoms with Gasteiger partial charge in [0, 0.05) is 37.2 Å². The van der Waals surface area contributed by atoms with Gasteiger partial charge in [-0.2, -0.15) is 10.1 Å². The maximum absolute atomic E-state index is 10.5. The van der Waals surface area contributed by atoms with Gasteiger partial charge in [-0.15, -0.1) is 0 Å². The second kappa shape index (κ2) is 7.69. The van der Waals surface area contributed by atoms with E-state index in [0.717, 1.165) is 37.4 Å². The molecule has 3 heterocycles. The summed E-state index contributed by atoms with van der Waals surface area (Å²) in [4.78, 5) is 19.2. The number of carboxylic acid groups (broad SMARTS) is 1. The van der Waals surface area contributed by atoms with E-state index in [9.17, 15) is 5.11 Å². The van der Waals surface area contributed by atoms with Crippen molar-refractivity contribution in [2.45, 2.75) is 31.9 Å². The van der Waals surface area contributed by atoms with Crippen LogP contribution in [0.5, 0.6) is 0 Å². The van der Waals surface area contributed by atoms with Crippen molar-refractivity contribution in [1.29, 1.82) is 0 Å². The zero-order valence-corrected chi connectivity index (χ0v) is 14.6. The number of aliphatic hydroxyl groups excluding tert-OH is 1. The van der Waals surface area contributed by atoms with Crippen LogP contribution in [0, 0.1) is 18.8 Å². The van der Waals surface area contributed by atoms with Gasteiger partial charge in [-0.05, 0) is 37.7 Å². The van der Waals surface area contributed by atoms with Gasteiger partial charge in [0.15, 0.2) is 0 Å². The third-order valence-electron chi connectivity index (χ3n) is 5.16. The van der Waals surface area contributed by atoms with E-state index in [2.05, 4.69) is 20.0 Å². The Balaban J connectivity index is 0.000000613. The van der Waals surface area contributed by atoms with Gasteiger partial charge in [-0.3, -0.25) is 9.48 Å². The van der Waals surface area contributed by atoms with Crippen LogP contribution in [0.2, 0.25) is 0 Å². The second-order valence-electron chi connectivity index (χ2n) is 6.85. The Morgan fingerprint density at radius 2 is 1.96 bits per heavy atom. The Bertz CT molecular complexity index is 718. The van der Waals surface area contributed by atoms with Crippen LogP contribution in [0.15, 0.2) is 24.5 Å². The number of nitrogens with zero attached hydrogens (tertiary/aromatic N) is 5. The third-order valence-corrected chi connectivity index (χ3v) is 5.16. The minimum atomic E-state index is -0.340. The van der Waals surface area contributed by atoms with Crippen LogP contribution < -0.4 is 10.6 Å². The lowest BCUT2D eigenvalue weighted by molar-refractivity contribution is -0.122.